The first-order valence-corrected chi connectivity index (χ1v) is 9.63. The highest BCUT2D eigenvalue weighted by molar-refractivity contribution is 5.93. The lowest BCUT2D eigenvalue weighted by Gasteiger charge is -2.16. The number of benzene rings is 1. The molecular formula is C21H24N4O4. The van der Waals surface area contributed by atoms with E-state index in [9.17, 15) is 19.8 Å². The number of carboxylic acid groups (broad SMARTS) is 1. The lowest BCUT2D eigenvalue weighted by atomic mass is 9.98. The number of nitrogens with zero attached hydrogens (tertiary/aromatic N) is 1. The van der Waals surface area contributed by atoms with Crippen LogP contribution in [0.2, 0.25) is 0 Å². The summed E-state index contributed by atoms with van der Waals surface area (Å²) in [6.45, 7) is 3.24. The molecule has 1 aliphatic rings. The Bertz CT molecular complexity index is 1180. The van der Waals surface area contributed by atoms with Crippen molar-refractivity contribution in [2.45, 2.75) is 25.9 Å². The molecule has 29 heavy (non-hydrogen) atoms. The zero-order valence-electron chi connectivity index (χ0n) is 16.3. The van der Waals surface area contributed by atoms with Gasteiger partial charge in [0, 0.05) is 34.6 Å². The van der Waals surface area contributed by atoms with Gasteiger partial charge in [-0.1, -0.05) is 13.0 Å². The minimum absolute atomic E-state index is 0.181. The van der Waals surface area contributed by atoms with E-state index in [0.717, 1.165) is 23.0 Å². The van der Waals surface area contributed by atoms with E-state index in [-0.39, 0.29) is 6.04 Å². The molecular weight excluding hydrogens is 372 g/mol. The van der Waals surface area contributed by atoms with Gasteiger partial charge in [-0.25, -0.2) is 4.79 Å². The quantitative estimate of drug-likeness (QED) is 0.447. The Labute approximate surface area is 167 Å². The van der Waals surface area contributed by atoms with Gasteiger partial charge in [0.25, 0.3) is 5.56 Å². The molecule has 3 aromatic rings. The lowest BCUT2D eigenvalue weighted by molar-refractivity contribution is 0.0691. The van der Waals surface area contributed by atoms with Gasteiger partial charge >= 0.3 is 5.97 Å². The number of carboxylic acids is 1. The van der Waals surface area contributed by atoms with Crippen LogP contribution in [0.5, 0.6) is 5.75 Å². The van der Waals surface area contributed by atoms with Crippen molar-refractivity contribution in [3.8, 4) is 17.0 Å². The molecule has 0 amide bonds. The number of H-pyrrole nitrogens is 1. The average Bonchev–Trinajstić information content (AvgIpc) is 3.21. The summed E-state index contributed by atoms with van der Waals surface area (Å²) in [5.74, 6) is -1.58. The number of hydrogen-bond donors (Lipinski definition) is 5. The molecule has 8 heteroatoms. The van der Waals surface area contributed by atoms with E-state index in [1.807, 2.05) is 25.2 Å². The number of fused-ring (bicyclic) bond motifs is 3. The normalized spacial score (nSPS) is 18.3. The molecule has 1 aromatic carbocycles. The van der Waals surface area contributed by atoms with Gasteiger partial charge in [0.15, 0.2) is 5.56 Å². The summed E-state index contributed by atoms with van der Waals surface area (Å²) >= 11 is 0. The van der Waals surface area contributed by atoms with Crippen LogP contribution in [0.1, 0.15) is 34.6 Å². The Kier molecular flexibility index (Phi) is 4.68. The van der Waals surface area contributed by atoms with Crippen LogP contribution in [0.4, 0.5) is 0 Å². The smallest absolute Gasteiger partial charge is 0.345 e. The number of aromatic hydroxyl groups is 1. The summed E-state index contributed by atoms with van der Waals surface area (Å²) < 4.78 is 2.26. The second-order valence-electron chi connectivity index (χ2n) is 7.41. The molecule has 1 aliphatic heterocycles. The third-order valence-corrected chi connectivity index (χ3v) is 5.90. The number of hydrogen-bond acceptors (Lipinski definition) is 5. The van der Waals surface area contributed by atoms with Gasteiger partial charge in [-0.2, -0.15) is 0 Å². The van der Waals surface area contributed by atoms with Crippen molar-refractivity contribution in [3.05, 3.63) is 51.4 Å². The fourth-order valence-corrected chi connectivity index (χ4v) is 4.50. The highest BCUT2D eigenvalue weighted by atomic mass is 16.4. The Morgan fingerprint density at radius 3 is 2.76 bits per heavy atom. The summed E-state index contributed by atoms with van der Waals surface area (Å²) in [5, 5.41) is 24.0. The average molecular weight is 396 g/mol. The van der Waals surface area contributed by atoms with E-state index >= 15 is 0 Å². The van der Waals surface area contributed by atoms with Gasteiger partial charge < -0.3 is 30.8 Å². The predicted molar refractivity (Wildman–Crippen MR) is 110 cm³/mol. The summed E-state index contributed by atoms with van der Waals surface area (Å²) in [7, 11) is 1.93. The Balaban J connectivity index is 1.87. The number of rotatable bonds is 5. The molecule has 0 fully saturated rings. The topological polar surface area (TPSA) is 133 Å². The fraction of sp³-hybridized carbons (Fsp3) is 0.333. The first-order valence-electron chi connectivity index (χ1n) is 9.63. The Morgan fingerprint density at radius 2 is 2.14 bits per heavy atom. The molecule has 3 heterocycles. The van der Waals surface area contributed by atoms with Crippen LogP contribution in [-0.4, -0.2) is 39.3 Å². The maximum absolute atomic E-state index is 12.3. The summed E-state index contributed by atoms with van der Waals surface area (Å²) in [6, 6.07) is 8.12. The molecule has 0 spiro atoms. The molecule has 2 atom stereocenters. The van der Waals surface area contributed by atoms with E-state index in [2.05, 4.69) is 20.9 Å². The van der Waals surface area contributed by atoms with Gasteiger partial charge in [-0.05, 0) is 43.8 Å². The van der Waals surface area contributed by atoms with Gasteiger partial charge in [-0.3, -0.25) is 4.79 Å². The Hall–Kier alpha value is -3.10. The van der Waals surface area contributed by atoms with E-state index in [1.165, 1.54) is 5.69 Å². The number of aromatic amines is 1. The monoisotopic (exact) mass is 396 g/mol. The van der Waals surface area contributed by atoms with Crippen molar-refractivity contribution in [2.24, 2.45) is 11.7 Å². The van der Waals surface area contributed by atoms with Crippen molar-refractivity contribution in [3.63, 3.8) is 0 Å². The zero-order valence-corrected chi connectivity index (χ0v) is 16.3. The van der Waals surface area contributed by atoms with Crippen LogP contribution in [0, 0.1) is 5.92 Å². The molecule has 152 valence electrons. The van der Waals surface area contributed by atoms with Gasteiger partial charge in [-0.15, -0.1) is 0 Å². The maximum Gasteiger partial charge on any atom is 0.345 e. The third kappa shape index (κ3) is 2.83. The van der Waals surface area contributed by atoms with Crippen LogP contribution in [-0.2, 0) is 13.0 Å². The van der Waals surface area contributed by atoms with Crippen LogP contribution < -0.4 is 16.6 Å². The van der Waals surface area contributed by atoms with Gasteiger partial charge in [0.1, 0.15) is 5.75 Å². The first-order chi connectivity index (χ1) is 13.9. The van der Waals surface area contributed by atoms with E-state index < -0.39 is 22.8 Å². The van der Waals surface area contributed by atoms with Crippen LogP contribution in [0.3, 0.4) is 0 Å². The molecule has 4 rings (SSSR count). The van der Waals surface area contributed by atoms with E-state index in [0.29, 0.717) is 30.1 Å². The van der Waals surface area contributed by atoms with E-state index in [1.54, 1.807) is 6.92 Å². The molecule has 8 nitrogen and oxygen atoms in total. The fourth-order valence-electron chi connectivity index (χ4n) is 4.50. The van der Waals surface area contributed by atoms with Crippen LogP contribution >= 0.6 is 0 Å². The van der Waals surface area contributed by atoms with Crippen molar-refractivity contribution in [1.82, 2.24) is 14.9 Å². The van der Waals surface area contributed by atoms with Crippen molar-refractivity contribution in [1.29, 1.82) is 0 Å². The summed E-state index contributed by atoms with van der Waals surface area (Å²) in [6.07, 6.45) is 0.378. The highest BCUT2D eigenvalue weighted by Gasteiger charge is 2.32. The first kappa shape index (κ1) is 19.2. The number of pyridine rings is 1. The molecule has 0 unspecified atom stereocenters. The number of carbonyl (C=O) groups is 1. The standard InChI is InChI=1S/C21H24N4O4/c1-3-13-17(24-20(27)16(19(13)26)21(28)29)10-4-5-14-11(6-10)7-15-18(23-2)12(8-22)9-25(14)15/h4-7,12,18,23H,3,8-9,22H2,1-2H3,(H,28,29)(H2,24,26,27)/t12-,18-/m1/s1. The lowest BCUT2D eigenvalue weighted by Crippen LogP contribution is -2.27. The SMILES string of the molecule is CCc1c(-c2ccc3c(c2)cc2n3C[C@@H](CN)[C@H]2NC)[nH]c(=O)c(C(=O)O)c1O. The van der Waals surface area contributed by atoms with Crippen LogP contribution in [0.15, 0.2) is 29.1 Å². The zero-order chi connectivity index (χ0) is 20.9. The molecule has 0 saturated carbocycles. The number of aromatic carboxylic acids is 1. The molecule has 6 N–H and O–H groups in total. The number of aromatic nitrogens is 2. The number of nitrogens with two attached hydrogens (primary N) is 1. The van der Waals surface area contributed by atoms with Crippen molar-refractivity contribution in [2.75, 3.05) is 13.6 Å². The molecule has 0 aliphatic carbocycles. The second-order valence-corrected chi connectivity index (χ2v) is 7.41. The van der Waals surface area contributed by atoms with Gasteiger partial charge in [0.2, 0.25) is 0 Å². The molecule has 0 saturated heterocycles. The van der Waals surface area contributed by atoms with Crippen molar-refractivity contribution >= 4 is 16.9 Å². The minimum Gasteiger partial charge on any atom is -0.506 e. The third-order valence-electron chi connectivity index (χ3n) is 5.90. The largest absolute Gasteiger partial charge is 0.506 e. The number of nitrogens with one attached hydrogen (secondary N) is 2. The van der Waals surface area contributed by atoms with Crippen LogP contribution in [0.25, 0.3) is 22.2 Å². The molecule has 2 aromatic heterocycles. The van der Waals surface area contributed by atoms with Crippen molar-refractivity contribution < 1.29 is 15.0 Å². The molecule has 0 radical (unpaired) electrons. The van der Waals surface area contributed by atoms with E-state index in [4.69, 9.17) is 5.73 Å². The summed E-state index contributed by atoms with van der Waals surface area (Å²) in [5.41, 5.74) is 8.30. The maximum atomic E-state index is 12.3. The molecule has 0 bridgehead atoms. The second kappa shape index (κ2) is 7.06. The Morgan fingerprint density at radius 1 is 1.38 bits per heavy atom. The highest BCUT2D eigenvalue weighted by Crippen LogP contribution is 2.38. The minimum atomic E-state index is -1.45. The predicted octanol–water partition coefficient (Wildman–Crippen LogP) is 1.81. The summed E-state index contributed by atoms with van der Waals surface area (Å²) in [4.78, 5) is 26.2. The van der Waals surface area contributed by atoms with Gasteiger partial charge in [0.05, 0.1) is 11.7 Å².